The fourth-order valence-electron chi connectivity index (χ4n) is 1.34. The maximum Gasteiger partial charge on any atom is 0.449 e. The maximum atomic E-state index is 12.6. The van der Waals surface area contributed by atoms with Crippen molar-refractivity contribution >= 4 is 34.2 Å². The largest absolute Gasteiger partial charge is 0.449 e. The minimum absolute atomic E-state index is 0.335. The van der Waals surface area contributed by atoms with Crippen molar-refractivity contribution in [2.24, 2.45) is 7.05 Å². The third-order valence-electron chi connectivity index (χ3n) is 2.11. The molecule has 2 rings (SSSR count). The van der Waals surface area contributed by atoms with Crippen molar-refractivity contribution in [2.75, 3.05) is 0 Å². The van der Waals surface area contributed by atoms with Crippen LogP contribution in [0, 0.1) is 0 Å². The molecule has 0 aromatic carbocycles. The number of aromatic nitrogens is 4. The van der Waals surface area contributed by atoms with E-state index in [9.17, 15) is 18.0 Å². The molecule has 0 spiro atoms. The second-order valence-electron chi connectivity index (χ2n) is 3.28. The van der Waals surface area contributed by atoms with Gasteiger partial charge in [0, 0.05) is 7.05 Å². The molecule has 2 heterocycles. The highest BCUT2D eigenvalue weighted by atomic mass is 35.5. The zero-order chi connectivity index (χ0) is 13.7. The normalized spacial score (nSPS) is 12.1. The zero-order valence-electron chi connectivity index (χ0n) is 8.59. The topological polar surface area (TPSA) is 60.7 Å². The van der Waals surface area contributed by atoms with Gasteiger partial charge in [0.2, 0.25) is 11.1 Å². The molecule has 96 valence electrons. The van der Waals surface area contributed by atoms with E-state index in [-0.39, 0.29) is 10.8 Å². The lowest BCUT2D eigenvalue weighted by atomic mass is 10.4. The standard InChI is InChI=1S/C8H3Cl2F3N4O/c1-17-5(18)3-2(4(9)16-7(10)15-3)14-6(17)8(11,12)13/h1H3. The van der Waals surface area contributed by atoms with Crippen LogP contribution in [0.4, 0.5) is 13.2 Å². The van der Waals surface area contributed by atoms with Gasteiger partial charge in [0.25, 0.3) is 5.56 Å². The van der Waals surface area contributed by atoms with E-state index in [1.807, 2.05) is 0 Å². The molecule has 0 fully saturated rings. The summed E-state index contributed by atoms with van der Waals surface area (Å²) >= 11 is 11.1. The molecular weight excluding hydrogens is 296 g/mol. The molecule has 0 N–H and O–H groups in total. The van der Waals surface area contributed by atoms with Crippen LogP contribution >= 0.6 is 23.2 Å². The highest BCUT2D eigenvalue weighted by molar-refractivity contribution is 6.35. The number of halogens is 5. The summed E-state index contributed by atoms with van der Waals surface area (Å²) in [5.41, 5.74) is -1.80. The van der Waals surface area contributed by atoms with E-state index in [2.05, 4.69) is 15.0 Å². The molecule has 0 aliphatic rings. The van der Waals surface area contributed by atoms with Crippen LogP contribution in [-0.2, 0) is 13.2 Å². The van der Waals surface area contributed by atoms with Crippen molar-refractivity contribution < 1.29 is 13.2 Å². The Hall–Kier alpha value is -1.41. The van der Waals surface area contributed by atoms with E-state index in [0.29, 0.717) is 4.57 Å². The molecule has 2 aromatic heterocycles. The summed E-state index contributed by atoms with van der Waals surface area (Å²) in [5, 5.41) is -0.751. The van der Waals surface area contributed by atoms with Gasteiger partial charge in [-0.2, -0.15) is 13.2 Å². The molecule has 18 heavy (non-hydrogen) atoms. The Morgan fingerprint density at radius 2 is 1.72 bits per heavy atom. The van der Waals surface area contributed by atoms with Gasteiger partial charge in [-0.05, 0) is 11.6 Å². The summed E-state index contributed by atoms with van der Waals surface area (Å²) in [5.74, 6) is -1.38. The molecule has 10 heteroatoms. The first kappa shape index (κ1) is 13.0. The van der Waals surface area contributed by atoms with E-state index in [1.54, 1.807) is 0 Å². The number of alkyl halides is 3. The Balaban J connectivity index is 2.98. The molecule has 0 aliphatic heterocycles. The van der Waals surface area contributed by atoms with Crippen LogP contribution in [0.25, 0.3) is 11.0 Å². The first-order valence-corrected chi connectivity index (χ1v) is 5.14. The van der Waals surface area contributed by atoms with E-state index in [1.165, 1.54) is 0 Å². The molecule has 0 saturated carbocycles. The Bertz CT molecular complexity index is 697. The highest BCUT2D eigenvalue weighted by Crippen LogP contribution is 2.28. The van der Waals surface area contributed by atoms with Crippen molar-refractivity contribution in [1.82, 2.24) is 19.5 Å². The van der Waals surface area contributed by atoms with Gasteiger partial charge in [-0.15, -0.1) is 0 Å². The lowest BCUT2D eigenvalue weighted by Crippen LogP contribution is -2.28. The van der Waals surface area contributed by atoms with Gasteiger partial charge in [-0.3, -0.25) is 9.36 Å². The van der Waals surface area contributed by atoms with Crippen LogP contribution in [0.1, 0.15) is 5.82 Å². The summed E-state index contributed by atoms with van der Waals surface area (Å²) in [6.07, 6.45) is -4.79. The van der Waals surface area contributed by atoms with E-state index >= 15 is 0 Å². The van der Waals surface area contributed by atoms with E-state index < -0.39 is 28.2 Å². The first-order chi connectivity index (χ1) is 8.21. The lowest BCUT2D eigenvalue weighted by molar-refractivity contribution is -0.147. The quantitative estimate of drug-likeness (QED) is 0.552. The Labute approximate surface area is 107 Å². The summed E-state index contributed by atoms with van der Waals surface area (Å²) < 4.78 is 38.2. The van der Waals surface area contributed by atoms with Gasteiger partial charge in [0.05, 0.1) is 0 Å². The van der Waals surface area contributed by atoms with Crippen LogP contribution in [0.2, 0.25) is 10.4 Å². The summed E-state index contributed by atoms with van der Waals surface area (Å²) in [6, 6.07) is 0. The predicted molar refractivity (Wildman–Crippen MR) is 57.6 cm³/mol. The highest BCUT2D eigenvalue weighted by Gasteiger charge is 2.37. The molecule has 0 amide bonds. The second-order valence-corrected chi connectivity index (χ2v) is 3.97. The fraction of sp³-hybridized carbons (Fsp3) is 0.250. The molecule has 2 aromatic rings. The molecular formula is C8H3Cl2F3N4O. The smallest absolute Gasteiger partial charge is 0.290 e. The van der Waals surface area contributed by atoms with Gasteiger partial charge in [-0.1, -0.05) is 11.6 Å². The molecule has 0 unspecified atom stereocenters. The number of hydrogen-bond donors (Lipinski definition) is 0. The third-order valence-corrected chi connectivity index (χ3v) is 2.54. The van der Waals surface area contributed by atoms with Crippen molar-refractivity contribution in [3.8, 4) is 0 Å². The van der Waals surface area contributed by atoms with Crippen LogP contribution in [0.15, 0.2) is 4.79 Å². The monoisotopic (exact) mass is 298 g/mol. The molecule has 0 atom stereocenters. The summed E-state index contributed by atoms with van der Waals surface area (Å²) in [6.45, 7) is 0. The lowest BCUT2D eigenvalue weighted by Gasteiger charge is -2.11. The van der Waals surface area contributed by atoms with Gasteiger partial charge in [0.1, 0.15) is 5.52 Å². The van der Waals surface area contributed by atoms with Gasteiger partial charge < -0.3 is 0 Å². The minimum Gasteiger partial charge on any atom is -0.290 e. The van der Waals surface area contributed by atoms with E-state index in [0.717, 1.165) is 7.05 Å². The van der Waals surface area contributed by atoms with Crippen molar-refractivity contribution in [3.05, 3.63) is 26.6 Å². The molecule has 0 saturated heterocycles. The Morgan fingerprint density at radius 1 is 1.11 bits per heavy atom. The molecule has 5 nitrogen and oxygen atoms in total. The Morgan fingerprint density at radius 3 is 2.28 bits per heavy atom. The average molecular weight is 299 g/mol. The fourth-order valence-corrected chi connectivity index (χ4v) is 1.76. The Kier molecular flexibility index (Phi) is 2.94. The molecule has 0 radical (unpaired) electrons. The van der Waals surface area contributed by atoms with Gasteiger partial charge in [-0.25, -0.2) is 15.0 Å². The SMILES string of the molecule is Cn1c(C(F)(F)F)nc2c(Cl)nc(Cl)nc2c1=O. The average Bonchev–Trinajstić information content (AvgIpc) is 2.22. The molecule has 0 bridgehead atoms. The number of hydrogen-bond acceptors (Lipinski definition) is 4. The maximum absolute atomic E-state index is 12.6. The van der Waals surface area contributed by atoms with Crippen LogP contribution in [0.5, 0.6) is 0 Å². The van der Waals surface area contributed by atoms with Crippen LogP contribution in [-0.4, -0.2) is 19.5 Å². The van der Waals surface area contributed by atoms with Crippen LogP contribution < -0.4 is 5.56 Å². The third kappa shape index (κ3) is 2.01. The number of fused-ring (bicyclic) bond motifs is 1. The summed E-state index contributed by atoms with van der Waals surface area (Å²) in [4.78, 5) is 21.9. The molecule has 0 aliphatic carbocycles. The van der Waals surface area contributed by atoms with Crippen LogP contribution in [0.3, 0.4) is 0 Å². The van der Waals surface area contributed by atoms with E-state index in [4.69, 9.17) is 23.2 Å². The van der Waals surface area contributed by atoms with Crippen molar-refractivity contribution in [1.29, 1.82) is 0 Å². The van der Waals surface area contributed by atoms with Crippen molar-refractivity contribution in [3.63, 3.8) is 0 Å². The second kappa shape index (κ2) is 4.06. The first-order valence-electron chi connectivity index (χ1n) is 4.39. The minimum atomic E-state index is -4.79. The summed E-state index contributed by atoms with van der Waals surface area (Å²) in [7, 11) is 0.932. The predicted octanol–water partition coefficient (Wildman–Crippen LogP) is 2.05. The zero-order valence-corrected chi connectivity index (χ0v) is 10.1. The van der Waals surface area contributed by atoms with Crippen molar-refractivity contribution in [2.45, 2.75) is 6.18 Å². The number of nitrogens with zero attached hydrogens (tertiary/aromatic N) is 4. The number of rotatable bonds is 0. The van der Waals surface area contributed by atoms with Gasteiger partial charge >= 0.3 is 6.18 Å². The van der Waals surface area contributed by atoms with Gasteiger partial charge in [0.15, 0.2) is 10.7 Å².